The van der Waals surface area contributed by atoms with Gasteiger partial charge in [0.1, 0.15) is 6.61 Å². The number of likely N-dealkylation sites (tertiary alicyclic amines) is 1. The summed E-state index contributed by atoms with van der Waals surface area (Å²) >= 11 is 0. The molecular weight excluding hydrogens is 336 g/mol. The highest BCUT2D eigenvalue weighted by Crippen LogP contribution is 2.22. The predicted molar refractivity (Wildman–Crippen MR) is 115 cm³/mol. The van der Waals surface area contributed by atoms with E-state index in [1.807, 2.05) is 50.8 Å². The Hall–Kier alpha value is -1.81. The van der Waals surface area contributed by atoms with E-state index in [9.17, 15) is 4.79 Å². The Morgan fingerprint density at radius 3 is 2.67 bits per heavy atom. The van der Waals surface area contributed by atoms with Crippen LogP contribution >= 0.6 is 0 Å². The third-order valence-corrected chi connectivity index (χ3v) is 4.86. The van der Waals surface area contributed by atoms with Gasteiger partial charge in [0.15, 0.2) is 0 Å². The van der Waals surface area contributed by atoms with Gasteiger partial charge >= 0.3 is 6.09 Å². The molecule has 0 saturated carbocycles. The van der Waals surface area contributed by atoms with Crippen LogP contribution in [0.5, 0.6) is 0 Å². The van der Waals surface area contributed by atoms with Gasteiger partial charge in [-0.15, -0.1) is 0 Å². The summed E-state index contributed by atoms with van der Waals surface area (Å²) in [6, 6.07) is 0.321. The minimum atomic E-state index is -0.180. The fraction of sp³-hybridized carbons (Fsp3) is 0.609. The maximum Gasteiger partial charge on any atom is 0.410 e. The lowest BCUT2D eigenvalue weighted by Crippen LogP contribution is -2.52. The van der Waals surface area contributed by atoms with E-state index in [1.165, 1.54) is 5.57 Å². The maximum atomic E-state index is 12.2. The molecule has 27 heavy (non-hydrogen) atoms. The van der Waals surface area contributed by atoms with Crippen LogP contribution in [-0.2, 0) is 4.74 Å². The lowest BCUT2D eigenvalue weighted by molar-refractivity contribution is 0.0471. The van der Waals surface area contributed by atoms with Crippen molar-refractivity contribution in [2.75, 3.05) is 33.3 Å². The number of carbonyl (C=O) groups is 1. The van der Waals surface area contributed by atoms with Gasteiger partial charge in [-0.3, -0.25) is 0 Å². The first-order valence-corrected chi connectivity index (χ1v) is 10.4. The molecule has 0 unspecified atom stereocenters. The van der Waals surface area contributed by atoms with Gasteiger partial charge in [-0.2, -0.15) is 0 Å². The summed E-state index contributed by atoms with van der Waals surface area (Å²) in [5.41, 5.74) is 2.43. The highest BCUT2D eigenvalue weighted by Gasteiger charge is 2.33. The van der Waals surface area contributed by atoms with Crippen molar-refractivity contribution in [2.45, 2.75) is 59.4 Å². The second-order valence-corrected chi connectivity index (χ2v) is 6.84. The summed E-state index contributed by atoms with van der Waals surface area (Å²) in [5.74, 6) is 0. The molecule has 0 radical (unpaired) electrons. The molecule has 2 rings (SSSR count). The number of rotatable bonds is 8. The first kappa shape index (κ1) is 23.2. The first-order valence-electron chi connectivity index (χ1n) is 10.4. The van der Waals surface area contributed by atoms with Crippen LogP contribution in [0.4, 0.5) is 4.79 Å². The van der Waals surface area contributed by atoms with E-state index >= 15 is 0 Å². The quantitative estimate of drug-likeness (QED) is 0.537. The average Bonchev–Trinajstić information content (AvgIpc) is 2.66. The third-order valence-electron chi connectivity index (χ3n) is 4.86. The number of hydrogen-bond acceptors (Lipinski definition) is 3. The van der Waals surface area contributed by atoms with E-state index in [-0.39, 0.29) is 6.09 Å². The zero-order valence-electron chi connectivity index (χ0n) is 17.9. The van der Waals surface area contributed by atoms with Crippen LogP contribution in [0.3, 0.4) is 0 Å². The Balaban J connectivity index is 0.00000176. The highest BCUT2D eigenvalue weighted by molar-refractivity contribution is 5.69. The molecule has 4 nitrogen and oxygen atoms in total. The van der Waals surface area contributed by atoms with Crippen LogP contribution < -0.4 is 0 Å². The van der Waals surface area contributed by atoms with Gasteiger partial charge in [-0.1, -0.05) is 50.3 Å². The zero-order chi connectivity index (χ0) is 20.1. The standard InChI is InChI=1S/C21H32N2O2.C2H6/c1-4-9-18(5-2)17-25-21(24)23-15-13-20(23)12-14-22(3)16-19-10-7-6-8-11-19;1-2/h4-5,7,9-11,20H,6,8,12-17H2,1-3H3;1-2H3/b9-4-,18-5+;/t20-;/m1./s1. The summed E-state index contributed by atoms with van der Waals surface area (Å²) in [6.07, 6.45) is 16.9. The number of hydrogen-bond donors (Lipinski definition) is 0. The molecule has 0 N–H and O–H groups in total. The minimum absolute atomic E-state index is 0.180. The molecule has 0 bridgehead atoms. The molecule has 1 atom stereocenters. The first-order chi connectivity index (χ1) is 13.1. The number of ether oxygens (including phenoxy) is 1. The van der Waals surface area contributed by atoms with Crippen molar-refractivity contribution in [3.8, 4) is 0 Å². The van der Waals surface area contributed by atoms with E-state index in [0.717, 1.165) is 50.9 Å². The molecule has 1 heterocycles. The van der Waals surface area contributed by atoms with Crippen molar-refractivity contribution in [1.82, 2.24) is 9.80 Å². The van der Waals surface area contributed by atoms with Crippen LogP contribution in [0, 0.1) is 0 Å². The van der Waals surface area contributed by atoms with E-state index in [4.69, 9.17) is 4.74 Å². The molecule has 1 saturated heterocycles. The molecule has 0 aromatic carbocycles. The van der Waals surface area contributed by atoms with Gasteiger partial charge in [0.25, 0.3) is 0 Å². The Bertz CT molecular complexity index is 561. The maximum absolute atomic E-state index is 12.2. The number of nitrogens with zero attached hydrogens (tertiary/aromatic N) is 2. The van der Waals surface area contributed by atoms with Crippen molar-refractivity contribution in [3.05, 3.63) is 47.6 Å². The molecule has 2 aliphatic rings. The molecule has 1 amide bonds. The summed E-state index contributed by atoms with van der Waals surface area (Å²) in [6.45, 7) is 11.1. The van der Waals surface area contributed by atoms with Crippen molar-refractivity contribution >= 4 is 6.09 Å². The SMILES string of the molecule is C/C=C\C(=C/C)COC(=O)N1CC[C@H]1CCN(C)CC1=CCCC=C1.CC. The topological polar surface area (TPSA) is 32.8 Å². The molecule has 0 aromatic heterocycles. The molecule has 1 aliphatic carbocycles. The van der Waals surface area contributed by atoms with Crippen molar-refractivity contribution in [1.29, 1.82) is 0 Å². The minimum Gasteiger partial charge on any atom is -0.445 e. The van der Waals surface area contributed by atoms with Crippen LogP contribution in [0.1, 0.15) is 53.4 Å². The normalized spacial score (nSPS) is 19.5. The Labute approximate surface area is 166 Å². The monoisotopic (exact) mass is 374 g/mol. The largest absolute Gasteiger partial charge is 0.445 e. The van der Waals surface area contributed by atoms with Crippen LogP contribution in [0.15, 0.2) is 47.6 Å². The smallest absolute Gasteiger partial charge is 0.410 e. The van der Waals surface area contributed by atoms with E-state index in [2.05, 4.69) is 30.2 Å². The van der Waals surface area contributed by atoms with Crippen molar-refractivity contribution < 1.29 is 9.53 Å². The van der Waals surface area contributed by atoms with Crippen LogP contribution in [0.25, 0.3) is 0 Å². The van der Waals surface area contributed by atoms with Gasteiger partial charge in [0.05, 0.1) is 0 Å². The third kappa shape index (κ3) is 8.17. The summed E-state index contributed by atoms with van der Waals surface area (Å²) in [4.78, 5) is 16.5. The average molecular weight is 375 g/mol. The Morgan fingerprint density at radius 1 is 1.33 bits per heavy atom. The molecule has 1 aliphatic heterocycles. The van der Waals surface area contributed by atoms with Gasteiger partial charge in [-0.05, 0) is 57.7 Å². The van der Waals surface area contributed by atoms with Crippen LogP contribution in [-0.4, -0.2) is 55.2 Å². The van der Waals surface area contributed by atoms with Gasteiger partial charge < -0.3 is 14.5 Å². The Kier molecular flexibility index (Phi) is 11.5. The second-order valence-electron chi connectivity index (χ2n) is 6.84. The van der Waals surface area contributed by atoms with E-state index in [1.54, 1.807) is 0 Å². The van der Waals surface area contributed by atoms with Gasteiger partial charge in [0, 0.05) is 25.7 Å². The molecule has 1 fully saturated rings. The molecule has 0 spiro atoms. The summed E-state index contributed by atoms with van der Waals surface area (Å²) in [5, 5.41) is 0. The Morgan fingerprint density at radius 2 is 2.11 bits per heavy atom. The van der Waals surface area contributed by atoms with Gasteiger partial charge in [-0.25, -0.2) is 4.79 Å². The van der Waals surface area contributed by atoms with Crippen molar-refractivity contribution in [3.63, 3.8) is 0 Å². The predicted octanol–water partition coefficient (Wildman–Crippen LogP) is 5.34. The fourth-order valence-corrected chi connectivity index (χ4v) is 3.20. The van der Waals surface area contributed by atoms with Crippen molar-refractivity contribution in [2.24, 2.45) is 0 Å². The summed E-state index contributed by atoms with van der Waals surface area (Å²) < 4.78 is 5.45. The molecule has 0 aromatic rings. The number of likely N-dealkylation sites (N-methyl/N-ethyl adjacent to an activating group) is 1. The highest BCUT2D eigenvalue weighted by atomic mass is 16.6. The second kappa shape index (κ2) is 13.4. The lowest BCUT2D eigenvalue weighted by atomic mass is 10.00. The number of carbonyl (C=O) groups excluding carboxylic acids is 1. The van der Waals surface area contributed by atoms with Crippen LogP contribution in [0.2, 0.25) is 0 Å². The molecule has 152 valence electrons. The number of amides is 1. The fourth-order valence-electron chi connectivity index (χ4n) is 3.20. The molecule has 4 heteroatoms. The van der Waals surface area contributed by atoms with E-state index < -0.39 is 0 Å². The van der Waals surface area contributed by atoms with Gasteiger partial charge in [0.2, 0.25) is 0 Å². The zero-order valence-corrected chi connectivity index (χ0v) is 17.9. The summed E-state index contributed by atoms with van der Waals surface area (Å²) in [7, 11) is 2.15. The lowest BCUT2D eigenvalue weighted by Gasteiger charge is -2.40. The number of allylic oxidation sites excluding steroid dienone is 4. The molecular formula is C23H38N2O2. The van der Waals surface area contributed by atoms with E-state index in [0.29, 0.717) is 12.6 Å².